The fraction of sp³-hybridized carbons (Fsp3) is 0.250. The van der Waals surface area contributed by atoms with Crippen LogP contribution in [0.4, 0.5) is 0 Å². The van der Waals surface area contributed by atoms with Crippen molar-refractivity contribution in [2.45, 2.75) is 13.0 Å². The second-order valence-corrected chi connectivity index (χ2v) is 4.55. The predicted molar refractivity (Wildman–Crippen MR) is 66.3 cm³/mol. The summed E-state index contributed by atoms with van der Waals surface area (Å²) in [6.07, 6.45) is -0.657. The first-order valence-electron chi connectivity index (χ1n) is 5.11. The zero-order valence-corrected chi connectivity index (χ0v) is 9.87. The summed E-state index contributed by atoms with van der Waals surface area (Å²) in [7, 11) is 0. The molecule has 0 aliphatic carbocycles. The van der Waals surface area contributed by atoms with E-state index in [4.69, 9.17) is 5.73 Å². The number of hydrogen-bond donors (Lipinski definition) is 2. The summed E-state index contributed by atoms with van der Waals surface area (Å²) in [6, 6.07) is 8.17. The maximum Gasteiger partial charge on any atom is 0.123 e. The Bertz CT molecular complexity index is 464. The summed E-state index contributed by atoms with van der Waals surface area (Å²) in [5.41, 5.74) is 8.34. The van der Waals surface area contributed by atoms with E-state index in [9.17, 15) is 5.11 Å². The molecule has 2 aromatic rings. The average Bonchev–Trinajstić information content (AvgIpc) is 2.78. The van der Waals surface area contributed by atoms with Gasteiger partial charge in [0.05, 0.1) is 5.69 Å². The maximum absolute atomic E-state index is 9.55. The molecule has 16 heavy (non-hydrogen) atoms. The molecule has 0 fully saturated rings. The van der Waals surface area contributed by atoms with Crippen LogP contribution in [0.1, 0.15) is 17.4 Å². The monoisotopic (exact) mass is 234 g/mol. The first-order chi connectivity index (χ1) is 7.70. The number of nitrogens with zero attached hydrogens (tertiary/aromatic N) is 1. The first kappa shape index (κ1) is 11.3. The lowest BCUT2D eigenvalue weighted by molar-refractivity contribution is 0.182. The highest BCUT2D eigenvalue weighted by Gasteiger charge is 2.10. The van der Waals surface area contributed by atoms with E-state index in [0.29, 0.717) is 5.69 Å². The van der Waals surface area contributed by atoms with E-state index in [1.54, 1.807) is 0 Å². The van der Waals surface area contributed by atoms with Crippen LogP contribution in [0.5, 0.6) is 0 Å². The third-order valence-corrected chi connectivity index (χ3v) is 3.29. The molecule has 1 atom stereocenters. The number of benzene rings is 1. The molecule has 0 amide bonds. The van der Waals surface area contributed by atoms with Crippen molar-refractivity contribution in [3.8, 4) is 10.6 Å². The highest BCUT2D eigenvalue weighted by atomic mass is 32.1. The minimum atomic E-state index is -0.657. The summed E-state index contributed by atoms with van der Waals surface area (Å²) >= 11 is 1.53. The van der Waals surface area contributed by atoms with Crippen molar-refractivity contribution in [1.82, 2.24) is 4.98 Å². The molecule has 84 valence electrons. The Morgan fingerprint density at radius 1 is 1.38 bits per heavy atom. The summed E-state index contributed by atoms with van der Waals surface area (Å²) in [4.78, 5) is 4.37. The Hall–Kier alpha value is -1.23. The molecule has 1 aromatic heterocycles. The Labute approximate surface area is 98.6 Å². The summed E-state index contributed by atoms with van der Waals surface area (Å²) < 4.78 is 0. The second-order valence-electron chi connectivity index (χ2n) is 3.70. The van der Waals surface area contributed by atoms with E-state index in [0.717, 1.165) is 10.6 Å². The van der Waals surface area contributed by atoms with E-state index in [1.807, 2.05) is 17.5 Å². The van der Waals surface area contributed by atoms with Crippen LogP contribution in [0.2, 0.25) is 0 Å². The van der Waals surface area contributed by atoms with E-state index in [-0.39, 0.29) is 6.54 Å². The van der Waals surface area contributed by atoms with Gasteiger partial charge >= 0.3 is 0 Å². The van der Waals surface area contributed by atoms with Gasteiger partial charge in [-0.05, 0) is 6.92 Å². The minimum absolute atomic E-state index is 0.205. The van der Waals surface area contributed by atoms with Gasteiger partial charge in [-0.25, -0.2) is 4.98 Å². The molecule has 0 aliphatic rings. The smallest absolute Gasteiger partial charge is 0.123 e. The van der Waals surface area contributed by atoms with E-state index in [1.165, 1.54) is 16.9 Å². The SMILES string of the molecule is Cc1ccc(-c2nc(C(O)CN)cs2)cc1. The molecule has 3 N–H and O–H groups in total. The van der Waals surface area contributed by atoms with Crippen molar-refractivity contribution < 1.29 is 5.11 Å². The zero-order valence-electron chi connectivity index (χ0n) is 9.05. The van der Waals surface area contributed by atoms with Gasteiger partial charge in [0.25, 0.3) is 0 Å². The maximum atomic E-state index is 9.55. The number of aliphatic hydroxyl groups is 1. The number of nitrogens with two attached hydrogens (primary N) is 1. The molecule has 1 heterocycles. The van der Waals surface area contributed by atoms with Crippen LogP contribution in [-0.2, 0) is 0 Å². The third kappa shape index (κ3) is 2.29. The Kier molecular flexibility index (Phi) is 3.33. The van der Waals surface area contributed by atoms with Crippen LogP contribution in [0, 0.1) is 6.92 Å². The molecular weight excluding hydrogens is 220 g/mol. The van der Waals surface area contributed by atoms with Gasteiger partial charge in [-0.3, -0.25) is 0 Å². The molecule has 0 spiro atoms. The minimum Gasteiger partial charge on any atom is -0.385 e. The molecule has 0 bridgehead atoms. The molecule has 2 rings (SSSR count). The van der Waals surface area contributed by atoms with Crippen LogP contribution in [-0.4, -0.2) is 16.6 Å². The normalized spacial score (nSPS) is 12.7. The van der Waals surface area contributed by atoms with Gasteiger partial charge in [-0.1, -0.05) is 29.8 Å². The van der Waals surface area contributed by atoms with Gasteiger partial charge in [-0.2, -0.15) is 0 Å². The Morgan fingerprint density at radius 3 is 2.69 bits per heavy atom. The van der Waals surface area contributed by atoms with Gasteiger partial charge in [0.15, 0.2) is 0 Å². The Morgan fingerprint density at radius 2 is 2.06 bits per heavy atom. The summed E-state index contributed by atoms with van der Waals surface area (Å²) in [5, 5.41) is 12.3. The van der Waals surface area contributed by atoms with Crippen LogP contribution in [0.25, 0.3) is 10.6 Å². The third-order valence-electron chi connectivity index (χ3n) is 2.39. The van der Waals surface area contributed by atoms with Gasteiger partial charge in [0, 0.05) is 17.5 Å². The van der Waals surface area contributed by atoms with Gasteiger partial charge in [0.2, 0.25) is 0 Å². The molecule has 4 heteroatoms. The van der Waals surface area contributed by atoms with Crippen molar-refractivity contribution >= 4 is 11.3 Å². The number of thiazole rings is 1. The average molecular weight is 234 g/mol. The van der Waals surface area contributed by atoms with E-state index < -0.39 is 6.10 Å². The largest absolute Gasteiger partial charge is 0.385 e. The lowest BCUT2D eigenvalue weighted by atomic mass is 10.2. The fourth-order valence-corrected chi connectivity index (χ4v) is 2.26. The lowest BCUT2D eigenvalue weighted by Gasteiger charge is -2.02. The predicted octanol–water partition coefficient (Wildman–Crippen LogP) is 2.11. The summed E-state index contributed by atoms with van der Waals surface area (Å²) in [6.45, 7) is 2.26. The van der Waals surface area contributed by atoms with Crippen molar-refractivity contribution in [2.24, 2.45) is 5.73 Å². The van der Waals surface area contributed by atoms with Crippen LogP contribution >= 0.6 is 11.3 Å². The molecular formula is C12H14N2OS. The van der Waals surface area contributed by atoms with Gasteiger partial charge in [0.1, 0.15) is 11.1 Å². The molecule has 0 aliphatic heterocycles. The molecule has 0 radical (unpaired) electrons. The molecule has 1 unspecified atom stereocenters. The highest BCUT2D eigenvalue weighted by molar-refractivity contribution is 7.13. The number of aryl methyl sites for hydroxylation is 1. The van der Waals surface area contributed by atoms with Crippen molar-refractivity contribution in [2.75, 3.05) is 6.54 Å². The number of aromatic nitrogens is 1. The number of rotatable bonds is 3. The first-order valence-corrected chi connectivity index (χ1v) is 5.99. The van der Waals surface area contributed by atoms with Crippen LogP contribution in [0.3, 0.4) is 0 Å². The molecule has 0 saturated carbocycles. The van der Waals surface area contributed by atoms with E-state index >= 15 is 0 Å². The molecule has 3 nitrogen and oxygen atoms in total. The number of hydrogen-bond acceptors (Lipinski definition) is 4. The highest BCUT2D eigenvalue weighted by Crippen LogP contribution is 2.26. The second kappa shape index (κ2) is 4.74. The van der Waals surface area contributed by atoms with Crippen molar-refractivity contribution in [3.63, 3.8) is 0 Å². The van der Waals surface area contributed by atoms with Crippen molar-refractivity contribution in [3.05, 3.63) is 40.9 Å². The van der Waals surface area contributed by atoms with E-state index in [2.05, 4.69) is 24.0 Å². The zero-order chi connectivity index (χ0) is 11.5. The van der Waals surface area contributed by atoms with Gasteiger partial charge in [-0.15, -0.1) is 11.3 Å². The lowest BCUT2D eigenvalue weighted by Crippen LogP contribution is -2.11. The summed E-state index contributed by atoms with van der Waals surface area (Å²) in [5.74, 6) is 0. The Balaban J connectivity index is 2.28. The van der Waals surface area contributed by atoms with Crippen molar-refractivity contribution in [1.29, 1.82) is 0 Å². The van der Waals surface area contributed by atoms with Gasteiger partial charge < -0.3 is 10.8 Å². The molecule has 1 aromatic carbocycles. The standard InChI is InChI=1S/C12H14N2OS/c1-8-2-4-9(5-3-8)12-14-10(7-16-12)11(15)6-13/h2-5,7,11,15H,6,13H2,1H3. The topological polar surface area (TPSA) is 59.1 Å². The fourth-order valence-electron chi connectivity index (χ4n) is 1.39. The number of aliphatic hydroxyl groups excluding tert-OH is 1. The van der Waals surface area contributed by atoms with Crippen LogP contribution < -0.4 is 5.73 Å². The quantitative estimate of drug-likeness (QED) is 0.855. The van der Waals surface area contributed by atoms with Crippen LogP contribution in [0.15, 0.2) is 29.6 Å². The molecule has 0 saturated heterocycles.